The molecule has 3 N–H and O–H groups in total. The second-order valence-corrected chi connectivity index (χ2v) is 7.17. The lowest BCUT2D eigenvalue weighted by atomic mass is 10.1. The number of nitrogens with two attached hydrogens (primary N) is 1. The first-order valence-corrected chi connectivity index (χ1v) is 7.92. The van der Waals surface area contributed by atoms with Gasteiger partial charge in [0.1, 0.15) is 15.5 Å². The molecule has 0 atom stereocenters. The quantitative estimate of drug-likeness (QED) is 0.770. The van der Waals surface area contributed by atoms with Gasteiger partial charge in [-0.15, -0.1) is 0 Å². The molecule has 8 heteroatoms. The molecule has 0 aromatic carbocycles. The molecular weight excluding hydrogens is 268 g/mol. The lowest BCUT2D eigenvalue weighted by molar-refractivity contribution is 0.0925. The highest BCUT2D eigenvalue weighted by atomic mass is 32.2. The lowest BCUT2D eigenvalue weighted by Crippen LogP contribution is -2.41. The second kappa shape index (κ2) is 4.84. The van der Waals surface area contributed by atoms with Crippen LogP contribution in [-0.4, -0.2) is 41.7 Å². The highest BCUT2D eigenvalue weighted by Gasteiger charge is 2.26. The number of amides is 1. The SMILES string of the molecule is Cc1nn(C)c(C(=O)NC2CCS(=O)(=O)CC2)c1N. The molecule has 1 amide bonds. The van der Waals surface area contributed by atoms with E-state index in [1.54, 1.807) is 14.0 Å². The second-order valence-electron chi connectivity index (χ2n) is 4.87. The number of anilines is 1. The number of aromatic nitrogens is 2. The Bertz CT molecular complexity index is 592. The van der Waals surface area contributed by atoms with Crippen molar-refractivity contribution in [2.45, 2.75) is 25.8 Å². The highest BCUT2D eigenvalue weighted by molar-refractivity contribution is 7.91. The summed E-state index contributed by atoms with van der Waals surface area (Å²) in [6.07, 6.45) is 0.898. The monoisotopic (exact) mass is 286 g/mol. The summed E-state index contributed by atoms with van der Waals surface area (Å²) in [6, 6.07) is -0.120. The minimum absolute atomic E-state index is 0.120. The summed E-state index contributed by atoms with van der Waals surface area (Å²) in [6.45, 7) is 1.74. The summed E-state index contributed by atoms with van der Waals surface area (Å²) in [5.41, 5.74) is 7.11. The average Bonchev–Trinajstić information content (AvgIpc) is 2.56. The van der Waals surface area contributed by atoms with E-state index in [4.69, 9.17) is 5.73 Å². The average molecular weight is 286 g/mol. The molecule has 2 rings (SSSR count). The Kier molecular flexibility index (Phi) is 3.53. The topological polar surface area (TPSA) is 107 Å². The summed E-state index contributed by atoms with van der Waals surface area (Å²) in [5, 5.41) is 6.91. The Hall–Kier alpha value is -1.57. The van der Waals surface area contributed by atoms with Crippen LogP contribution in [0.3, 0.4) is 0 Å². The number of hydrogen-bond donors (Lipinski definition) is 2. The molecule has 19 heavy (non-hydrogen) atoms. The Morgan fingerprint density at radius 2 is 2.00 bits per heavy atom. The fourth-order valence-electron chi connectivity index (χ4n) is 2.23. The van der Waals surface area contributed by atoms with Crippen molar-refractivity contribution < 1.29 is 13.2 Å². The van der Waals surface area contributed by atoms with Crippen molar-refractivity contribution in [1.29, 1.82) is 0 Å². The third kappa shape index (κ3) is 2.89. The molecule has 0 aliphatic carbocycles. The Morgan fingerprint density at radius 3 is 2.47 bits per heavy atom. The number of aryl methyl sites for hydroxylation is 2. The zero-order chi connectivity index (χ0) is 14.2. The molecule has 1 aromatic rings. The van der Waals surface area contributed by atoms with E-state index in [9.17, 15) is 13.2 Å². The van der Waals surface area contributed by atoms with Gasteiger partial charge in [-0.05, 0) is 19.8 Å². The normalized spacial score (nSPS) is 19.3. The van der Waals surface area contributed by atoms with Crippen LogP contribution in [0.15, 0.2) is 0 Å². The maximum Gasteiger partial charge on any atom is 0.271 e. The largest absolute Gasteiger partial charge is 0.395 e. The zero-order valence-electron chi connectivity index (χ0n) is 11.0. The fraction of sp³-hybridized carbons (Fsp3) is 0.636. The van der Waals surface area contributed by atoms with E-state index in [-0.39, 0.29) is 23.5 Å². The van der Waals surface area contributed by atoms with Crippen molar-refractivity contribution in [1.82, 2.24) is 15.1 Å². The van der Waals surface area contributed by atoms with Gasteiger partial charge >= 0.3 is 0 Å². The van der Waals surface area contributed by atoms with Crippen molar-refractivity contribution in [3.05, 3.63) is 11.4 Å². The van der Waals surface area contributed by atoms with Gasteiger partial charge in [-0.3, -0.25) is 9.48 Å². The van der Waals surface area contributed by atoms with E-state index in [1.165, 1.54) is 4.68 Å². The van der Waals surface area contributed by atoms with Crippen LogP contribution in [0.1, 0.15) is 29.0 Å². The van der Waals surface area contributed by atoms with Gasteiger partial charge in [0, 0.05) is 13.1 Å². The number of hydrogen-bond acceptors (Lipinski definition) is 5. The van der Waals surface area contributed by atoms with Gasteiger partial charge in [0.2, 0.25) is 0 Å². The molecule has 0 radical (unpaired) electrons. The molecule has 1 fully saturated rings. The molecular formula is C11H18N4O3S. The van der Waals surface area contributed by atoms with E-state index in [0.717, 1.165) is 0 Å². The molecule has 0 saturated carbocycles. The summed E-state index contributed by atoms with van der Waals surface area (Å²) in [5.74, 6) is -0.0553. The van der Waals surface area contributed by atoms with E-state index in [1.807, 2.05) is 0 Å². The fourth-order valence-corrected chi connectivity index (χ4v) is 3.72. The van der Waals surface area contributed by atoms with Gasteiger partial charge in [-0.25, -0.2) is 8.42 Å². The van der Waals surface area contributed by atoms with Crippen molar-refractivity contribution in [3.63, 3.8) is 0 Å². The number of rotatable bonds is 2. The van der Waals surface area contributed by atoms with Crippen LogP contribution in [0.5, 0.6) is 0 Å². The van der Waals surface area contributed by atoms with Crippen LogP contribution in [0.4, 0.5) is 5.69 Å². The van der Waals surface area contributed by atoms with Crippen LogP contribution in [0.2, 0.25) is 0 Å². The predicted octanol–water partition coefficient (Wildman–Crippen LogP) is -0.382. The third-order valence-electron chi connectivity index (χ3n) is 3.37. The van der Waals surface area contributed by atoms with E-state index in [2.05, 4.69) is 10.4 Å². The first kappa shape index (κ1) is 13.9. The first-order chi connectivity index (χ1) is 8.80. The molecule has 7 nitrogen and oxygen atoms in total. The molecule has 0 bridgehead atoms. The van der Waals surface area contributed by atoms with Crippen molar-refractivity contribution >= 4 is 21.4 Å². The Morgan fingerprint density at radius 1 is 1.42 bits per heavy atom. The molecule has 106 valence electrons. The zero-order valence-corrected chi connectivity index (χ0v) is 11.8. The minimum atomic E-state index is -2.92. The molecule has 1 aliphatic rings. The highest BCUT2D eigenvalue weighted by Crippen LogP contribution is 2.17. The maximum atomic E-state index is 12.1. The third-order valence-corrected chi connectivity index (χ3v) is 5.09. The molecule has 2 heterocycles. The first-order valence-electron chi connectivity index (χ1n) is 6.10. The maximum absolute atomic E-state index is 12.1. The Labute approximate surface area is 112 Å². The molecule has 1 aromatic heterocycles. The van der Waals surface area contributed by atoms with E-state index in [0.29, 0.717) is 29.9 Å². The van der Waals surface area contributed by atoms with Crippen LogP contribution < -0.4 is 11.1 Å². The number of nitrogens with one attached hydrogen (secondary N) is 1. The summed E-state index contributed by atoms with van der Waals surface area (Å²) in [7, 11) is -1.27. The molecule has 1 saturated heterocycles. The van der Waals surface area contributed by atoms with Gasteiger partial charge in [-0.2, -0.15) is 5.10 Å². The number of carbonyl (C=O) groups is 1. The number of nitrogens with zero attached hydrogens (tertiary/aromatic N) is 2. The predicted molar refractivity (Wildman–Crippen MR) is 71.5 cm³/mol. The molecule has 0 spiro atoms. The van der Waals surface area contributed by atoms with E-state index < -0.39 is 9.84 Å². The minimum Gasteiger partial charge on any atom is -0.395 e. The van der Waals surface area contributed by atoms with Gasteiger partial charge < -0.3 is 11.1 Å². The molecule has 1 aliphatic heterocycles. The van der Waals surface area contributed by atoms with Crippen molar-refractivity contribution in [2.75, 3.05) is 17.2 Å². The number of nitrogen functional groups attached to an aromatic ring is 1. The number of sulfone groups is 1. The Balaban J connectivity index is 2.06. The van der Waals surface area contributed by atoms with Crippen LogP contribution >= 0.6 is 0 Å². The summed E-state index contributed by atoms with van der Waals surface area (Å²) < 4.78 is 24.1. The summed E-state index contributed by atoms with van der Waals surface area (Å²) >= 11 is 0. The lowest BCUT2D eigenvalue weighted by Gasteiger charge is -2.23. The smallest absolute Gasteiger partial charge is 0.271 e. The van der Waals surface area contributed by atoms with Gasteiger partial charge in [-0.1, -0.05) is 0 Å². The van der Waals surface area contributed by atoms with Crippen LogP contribution in [0.25, 0.3) is 0 Å². The van der Waals surface area contributed by atoms with E-state index >= 15 is 0 Å². The van der Waals surface area contributed by atoms with Gasteiger partial charge in [0.05, 0.1) is 22.9 Å². The van der Waals surface area contributed by atoms with Crippen LogP contribution in [0, 0.1) is 6.92 Å². The standard InChI is InChI=1S/C11H18N4O3S/c1-7-9(12)10(15(2)14-7)11(16)13-8-3-5-19(17,18)6-4-8/h8H,3-6,12H2,1-2H3,(H,13,16). The van der Waals surface area contributed by atoms with Crippen molar-refractivity contribution in [2.24, 2.45) is 7.05 Å². The van der Waals surface area contributed by atoms with Crippen molar-refractivity contribution in [3.8, 4) is 0 Å². The van der Waals surface area contributed by atoms with Gasteiger partial charge in [0.25, 0.3) is 5.91 Å². The van der Waals surface area contributed by atoms with Gasteiger partial charge in [0.15, 0.2) is 0 Å². The summed E-state index contributed by atoms with van der Waals surface area (Å²) in [4.78, 5) is 12.1. The number of carbonyl (C=O) groups excluding carboxylic acids is 1. The molecule has 0 unspecified atom stereocenters. The van der Waals surface area contributed by atoms with Crippen LogP contribution in [-0.2, 0) is 16.9 Å².